The summed E-state index contributed by atoms with van der Waals surface area (Å²) in [6.45, 7) is 2.77. The summed E-state index contributed by atoms with van der Waals surface area (Å²) in [5.41, 5.74) is 1.19. The Balaban J connectivity index is 1.68. The van der Waals surface area contributed by atoms with E-state index < -0.39 is 11.8 Å². The molecule has 0 saturated carbocycles. The van der Waals surface area contributed by atoms with Crippen LogP contribution in [0.2, 0.25) is 0 Å². The maximum Gasteiger partial charge on any atom is 0.339 e. The summed E-state index contributed by atoms with van der Waals surface area (Å²) >= 11 is 0. The van der Waals surface area contributed by atoms with Crippen molar-refractivity contribution in [2.24, 2.45) is 0 Å². The molecule has 0 unspecified atom stereocenters. The molecule has 2 aromatic rings. The van der Waals surface area contributed by atoms with Crippen molar-refractivity contribution in [2.75, 3.05) is 20.2 Å². The van der Waals surface area contributed by atoms with Gasteiger partial charge < -0.3 is 14.7 Å². The van der Waals surface area contributed by atoms with Gasteiger partial charge >= 0.3 is 5.97 Å². The quantitative estimate of drug-likeness (QED) is 0.904. The first kappa shape index (κ1) is 17.9. The monoisotopic (exact) mass is 361 g/mol. The van der Waals surface area contributed by atoms with Gasteiger partial charge in [0.15, 0.2) is 11.6 Å². The van der Waals surface area contributed by atoms with Crippen LogP contribution < -0.4 is 4.74 Å². The van der Waals surface area contributed by atoms with Crippen molar-refractivity contribution < 1.29 is 23.8 Å². The minimum atomic E-state index is -0.994. The van der Waals surface area contributed by atoms with Crippen LogP contribution in [0.25, 0.3) is 0 Å². The highest BCUT2D eigenvalue weighted by Crippen LogP contribution is 2.26. The molecule has 26 heavy (non-hydrogen) atoms. The first-order chi connectivity index (χ1) is 12.4. The van der Waals surface area contributed by atoms with E-state index in [0.717, 1.165) is 0 Å². The first-order valence-corrected chi connectivity index (χ1v) is 8.32. The number of hydrogen-bond acceptors (Lipinski definition) is 4. The highest BCUT2D eigenvalue weighted by Gasteiger charge is 2.27. The zero-order valence-corrected chi connectivity index (χ0v) is 14.6. The number of likely N-dealkylation sites (tertiary alicyclic amines) is 1. The number of carbonyl (C=O) groups excluding carboxylic acids is 1. The zero-order chi connectivity index (χ0) is 18.8. The van der Waals surface area contributed by atoms with Gasteiger partial charge in [0, 0.05) is 18.7 Å². The summed E-state index contributed by atoms with van der Waals surface area (Å²) < 4.78 is 20.2. The van der Waals surface area contributed by atoms with Crippen LogP contribution in [-0.4, -0.2) is 51.9 Å². The summed E-state index contributed by atoms with van der Waals surface area (Å²) in [6.07, 6.45) is 2.71. The molecule has 2 heterocycles. The molecule has 1 amide bonds. The van der Waals surface area contributed by atoms with Gasteiger partial charge in [-0.25, -0.2) is 9.18 Å². The van der Waals surface area contributed by atoms with E-state index in [4.69, 9.17) is 9.84 Å². The predicted molar refractivity (Wildman–Crippen MR) is 91.0 cm³/mol. The number of carboxylic acids is 1. The lowest BCUT2D eigenvalue weighted by Crippen LogP contribution is -2.39. The summed E-state index contributed by atoms with van der Waals surface area (Å²) in [6, 6.07) is 4.12. The lowest BCUT2D eigenvalue weighted by Gasteiger charge is -2.32. The molecular weight excluding hydrogens is 341 g/mol. The number of piperidine rings is 1. The van der Waals surface area contributed by atoms with E-state index in [0.29, 0.717) is 37.2 Å². The number of rotatable bonds is 4. The van der Waals surface area contributed by atoms with Crippen molar-refractivity contribution in [3.05, 3.63) is 47.0 Å². The second kappa shape index (κ2) is 7.15. The molecular formula is C18H20FN3O4. The van der Waals surface area contributed by atoms with Crippen molar-refractivity contribution in [2.45, 2.75) is 25.8 Å². The topological polar surface area (TPSA) is 84.7 Å². The van der Waals surface area contributed by atoms with Crippen LogP contribution >= 0.6 is 0 Å². The largest absolute Gasteiger partial charge is 0.494 e. The van der Waals surface area contributed by atoms with Crippen LogP contribution in [0.15, 0.2) is 24.4 Å². The molecule has 1 fully saturated rings. The van der Waals surface area contributed by atoms with Gasteiger partial charge in [-0.1, -0.05) is 0 Å². The third kappa shape index (κ3) is 3.26. The van der Waals surface area contributed by atoms with Gasteiger partial charge in [-0.05, 0) is 38.0 Å². The van der Waals surface area contributed by atoms with Crippen molar-refractivity contribution in [1.82, 2.24) is 14.7 Å². The van der Waals surface area contributed by atoms with Gasteiger partial charge in [0.2, 0.25) is 0 Å². The summed E-state index contributed by atoms with van der Waals surface area (Å²) in [5, 5.41) is 13.3. The van der Waals surface area contributed by atoms with Gasteiger partial charge in [-0.2, -0.15) is 5.10 Å². The molecule has 0 aliphatic carbocycles. The molecule has 1 saturated heterocycles. The Bertz CT molecular complexity index is 841. The van der Waals surface area contributed by atoms with Crippen molar-refractivity contribution in [1.29, 1.82) is 0 Å². The van der Waals surface area contributed by atoms with Crippen LogP contribution in [0.4, 0.5) is 4.39 Å². The second-order valence-corrected chi connectivity index (χ2v) is 6.27. The smallest absolute Gasteiger partial charge is 0.339 e. The summed E-state index contributed by atoms with van der Waals surface area (Å²) in [7, 11) is 1.36. The van der Waals surface area contributed by atoms with Crippen LogP contribution in [-0.2, 0) is 0 Å². The van der Waals surface area contributed by atoms with E-state index in [2.05, 4.69) is 5.10 Å². The first-order valence-electron chi connectivity index (χ1n) is 8.32. The lowest BCUT2D eigenvalue weighted by atomic mass is 10.0. The fourth-order valence-electron chi connectivity index (χ4n) is 3.29. The van der Waals surface area contributed by atoms with E-state index in [9.17, 15) is 14.0 Å². The molecule has 0 spiro atoms. The molecule has 1 N–H and O–H groups in total. The summed E-state index contributed by atoms with van der Waals surface area (Å²) in [4.78, 5) is 25.5. The number of hydrogen-bond donors (Lipinski definition) is 1. The SMILES string of the molecule is COc1cc(C(=O)N2CCC(n3ncc(C(=O)O)c3C)CC2)ccc1F. The Morgan fingerprint density at radius 2 is 2.00 bits per heavy atom. The Hall–Kier alpha value is -2.90. The molecule has 1 aromatic carbocycles. The molecule has 0 atom stereocenters. The standard InChI is InChI=1S/C18H20FN3O4/c1-11-14(18(24)25)10-20-22(11)13-5-7-21(8-6-13)17(23)12-3-4-15(19)16(9-12)26-2/h3-4,9-10,13H,5-8H2,1-2H3,(H,24,25). The number of ether oxygens (including phenoxy) is 1. The summed E-state index contributed by atoms with van der Waals surface area (Å²) in [5.74, 6) is -1.64. The van der Waals surface area contributed by atoms with Gasteiger partial charge in [-0.15, -0.1) is 0 Å². The zero-order valence-electron chi connectivity index (χ0n) is 14.6. The third-order valence-corrected chi connectivity index (χ3v) is 4.77. The molecule has 3 rings (SSSR count). The van der Waals surface area contributed by atoms with Gasteiger partial charge in [0.05, 0.1) is 25.0 Å². The average molecular weight is 361 g/mol. The van der Waals surface area contributed by atoms with Crippen LogP contribution in [0.5, 0.6) is 5.75 Å². The maximum atomic E-state index is 13.5. The Morgan fingerprint density at radius 3 is 2.58 bits per heavy atom. The fourth-order valence-corrected chi connectivity index (χ4v) is 3.29. The number of aromatic carboxylic acids is 1. The van der Waals surface area contributed by atoms with Crippen LogP contribution in [0.1, 0.15) is 45.3 Å². The minimum Gasteiger partial charge on any atom is -0.494 e. The van der Waals surface area contributed by atoms with Crippen LogP contribution in [0.3, 0.4) is 0 Å². The number of aromatic nitrogens is 2. The molecule has 138 valence electrons. The molecule has 0 radical (unpaired) electrons. The van der Waals surface area contributed by atoms with Crippen molar-refractivity contribution >= 4 is 11.9 Å². The normalized spacial score (nSPS) is 15.1. The van der Waals surface area contributed by atoms with Crippen molar-refractivity contribution in [3.63, 3.8) is 0 Å². The number of methoxy groups -OCH3 is 1. The van der Waals surface area contributed by atoms with Crippen LogP contribution in [0, 0.1) is 12.7 Å². The molecule has 8 heteroatoms. The van der Waals surface area contributed by atoms with Gasteiger partial charge in [0.1, 0.15) is 5.56 Å². The highest BCUT2D eigenvalue weighted by molar-refractivity contribution is 5.94. The number of halogens is 1. The lowest BCUT2D eigenvalue weighted by molar-refractivity contribution is 0.0687. The Labute approximate surface area is 150 Å². The van der Waals surface area contributed by atoms with E-state index >= 15 is 0 Å². The average Bonchev–Trinajstić information content (AvgIpc) is 3.03. The Kier molecular flexibility index (Phi) is 4.92. The molecule has 1 aliphatic rings. The molecule has 7 nitrogen and oxygen atoms in total. The molecule has 0 bridgehead atoms. The van der Waals surface area contributed by atoms with Gasteiger partial charge in [-0.3, -0.25) is 9.48 Å². The highest BCUT2D eigenvalue weighted by atomic mass is 19.1. The second-order valence-electron chi connectivity index (χ2n) is 6.27. The molecule has 1 aliphatic heterocycles. The molecule has 1 aromatic heterocycles. The number of nitrogens with zero attached hydrogens (tertiary/aromatic N) is 3. The number of carboxylic acid groups (broad SMARTS) is 1. The third-order valence-electron chi connectivity index (χ3n) is 4.77. The number of carbonyl (C=O) groups is 2. The van der Waals surface area contributed by atoms with E-state index in [1.54, 1.807) is 16.5 Å². The van der Waals surface area contributed by atoms with E-state index in [1.165, 1.54) is 31.5 Å². The number of benzene rings is 1. The van der Waals surface area contributed by atoms with Gasteiger partial charge in [0.25, 0.3) is 5.91 Å². The van der Waals surface area contributed by atoms with E-state index in [-0.39, 0.29) is 23.3 Å². The Morgan fingerprint density at radius 1 is 1.31 bits per heavy atom. The predicted octanol–water partition coefficient (Wildman–Crippen LogP) is 2.51. The van der Waals surface area contributed by atoms with Crippen molar-refractivity contribution in [3.8, 4) is 5.75 Å². The minimum absolute atomic E-state index is 0.0408. The maximum absolute atomic E-state index is 13.5. The van der Waals surface area contributed by atoms with E-state index in [1.807, 2.05) is 0 Å². The number of amides is 1. The fraction of sp³-hybridized carbons (Fsp3) is 0.389.